The molecule has 2 aromatic rings. The minimum absolute atomic E-state index is 0.0306. The number of phenols is 1. The van der Waals surface area contributed by atoms with Gasteiger partial charge in [-0.05, 0) is 29.8 Å². The number of methoxy groups -OCH3 is 3. The molecule has 140 valence electrons. The second-order valence-corrected chi connectivity index (χ2v) is 6.82. The average molecular weight is 359 g/mol. The van der Waals surface area contributed by atoms with E-state index in [1.807, 2.05) is 26.8 Å². The number of hydrogen-bond acceptors (Lipinski definition) is 5. The fraction of sp³-hybridized carbons (Fsp3) is 0.350. The number of anilines is 1. The van der Waals surface area contributed by atoms with Crippen LogP contribution in [-0.2, 0) is 4.79 Å². The van der Waals surface area contributed by atoms with Gasteiger partial charge in [0.2, 0.25) is 11.7 Å². The van der Waals surface area contributed by atoms with E-state index in [2.05, 4.69) is 5.32 Å². The molecule has 0 aromatic heterocycles. The van der Waals surface area contributed by atoms with Crippen LogP contribution in [-0.4, -0.2) is 32.3 Å². The van der Waals surface area contributed by atoms with Crippen molar-refractivity contribution in [2.24, 2.45) is 5.41 Å². The SMILES string of the molecule is COc1ccc(-c2ccc(NC(=O)C(C)(C)C)c(O)c2)c(OC)c1OC. The summed E-state index contributed by atoms with van der Waals surface area (Å²) in [5.74, 6) is 1.31. The Hall–Kier alpha value is -2.89. The monoisotopic (exact) mass is 359 g/mol. The second kappa shape index (κ2) is 7.56. The van der Waals surface area contributed by atoms with Gasteiger partial charge in [0, 0.05) is 11.0 Å². The topological polar surface area (TPSA) is 77.0 Å². The Morgan fingerprint density at radius 2 is 1.62 bits per heavy atom. The zero-order valence-electron chi connectivity index (χ0n) is 16.0. The summed E-state index contributed by atoms with van der Waals surface area (Å²) in [4.78, 5) is 12.1. The molecular weight excluding hydrogens is 334 g/mol. The summed E-state index contributed by atoms with van der Waals surface area (Å²) in [6.45, 7) is 5.42. The first-order valence-corrected chi connectivity index (χ1v) is 8.16. The van der Waals surface area contributed by atoms with Crippen molar-refractivity contribution in [1.29, 1.82) is 0 Å². The number of benzene rings is 2. The third-order valence-corrected chi connectivity index (χ3v) is 3.94. The molecule has 0 aliphatic rings. The molecule has 2 N–H and O–H groups in total. The maximum absolute atomic E-state index is 12.1. The lowest BCUT2D eigenvalue weighted by atomic mass is 9.95. The van der Waals surface area contributed by atoms with Crippen LogP contribution in [0.3, 0.4) is 0 Å². The quantitative estimate of drug-likeness (QED) is 0.787. The summed E-state index contributed by atoms with van der Waals surface area (Å²) in [5.41, 5.74) is 1.24. The first kappa shape index (κ1) is 19.4. The van der Waals surface area contributed by atoms with Crippen LogP contribution in [0.4, 0.5) is 5.69 Å². The molecule has 0 fully saturated rings. The van der Waals surface area contributed by atoms with Gasteiger partial charge < -0.3 is 24.6 Å². The Labute approximate surface area is 153 Å². The number of phenolic OH excluding ortho intramolecular Hbond substituents is 1. The molecule has 0 saturated heterocycles. The molecule has 0 unspecified atom stereocenters. The Morgan fingerprint density at radius 1 is 0.962 bits per heavy atom. The molecule has 0 saturated carbocycles. The van der Waals surface area contributed by atoms with E-state index in [1.165, 1.54) is 7.11 Å². The number of carbonyl (C=O) groups is 1. The van der Waals surface area contributed by atoms with E-state index in [1.54, 1.807) is 38.5 Å². The number of hydrogen-bond donors (Lipinski definition) is 2. The summed E-state index contributed by atoms with van der Waals surface area (Å²) in [6.07, 6.45) is 0. The minimum Gasteiger partial charge on any atom is -0.506 e. The van der Waals surface area contributed by atoms with Gasteiger partial charge in [-0.25, -0.2) is 0 Å². The molecule has 6 heteroatoms. The van der Waals surface area contributed by atoms with Crippen LogP contribution in [0, 0.1) is 5.41 Å². The van der Waals surface area contributed by atoms with Crippen LogP contribution in [0.5, 0.6) is 23.0 Å². The molecule has 0 aliphatic carbocycles. The number of ether oxygens (including phenoxy) is 3. The number of aromatic hydroxyl groups is 1. The standard InChI is InChI=1S/C20H25NO5/c1-20(2,3)19(23)21-14-9-7-12(11-15(14)22)13-8-10-16(24-4)18(26-6)17(13)25-5/h7-11,22H,1-6H3,(H,21,23). The molecule has 1 amide bonds. The van der Waals surface area contributed by atoms with Crippen molar-refractivity contribution in [1.82, 2.24) is 0 Å². The van der Waals surface area contributed by atoms with Gasteiger partial charge in [-0.3, -0.25) is 4.79 Å². The smallest absolute Gasteiger partial charge is 0.229 e. The summed E-state index contributed by atoms with van der Waals surface area (Å²) < 4.78 is 16.2. The van der Waals surface area contributed by atoms with Crippen LogP contribution in [0.2, 0.25) is 0 Å². The van der Waals surface area contributed by atoms with Crippen molar-refractivity contribution in [2.75, 3.05) is 26.6 Å². The molecule has 2 aromatic carbocycles. The lowest BCUT2D eigenvalue weighted by Crippen LogP contribution is -2.27. The number of nitrogens with one attached hydrogen (secondary N) is 1. The maximum atomic E-state index is 12.1. The predicted molar refractivity (Wildman–Crippen MR) is 101 cm³/mol. The Bertz CT molecular complexity index is 809. The molecular formula is C20H25NO5. The lowest BCUT2D eigenvalue weighted by Gasteiger charge is -2.19. The molecule has 2 rings (SSSR count). The van der Waals surface area contributed by atoms with Crippen molar-refractivity contribution in [3.8, 4) is 34.1 Å². The molecule has 6 nitrogen and oxygen atoms in total. The largest absolute Gasteiger partial charge is 0.506 e. The van der Waals surface area contributed by atoms with Gasteiger partial charge in [0.25, 0.3) is 0 Å². The van der Waals surface area contributed by atoms with Crippen molar-refractivity contribution in [3.63, 3.8) is 0 Å². The highest BCUT2D eigenvalue weighted by atomic mass is 16.5. The zero-order valence-corrected chi connectivity index (χ0v) is 16.0. The Morgan fingerprint density at radius 3 is 2.12 bits per heavy atom. The molecule has 0 aliphatic heterocycles. The van der Waals surface area contributed by atoms with E-state index in [4.69, 9.17) is 14.2 Å². The third kappa shape index (κ3) is 3.85. The van der Waals surface area contributed by atoms with Gasteiger partial charge in [-0.1, -0.05) is 26.8 Å². The average Bonchev–Trinajstić information content (AvgIpc) is 2.60. The molecule has 26 heavy (non-hydrogen) atoms. The van der Waals surface area contributed by atoms with Crippen LogP contribution in [0.1, 0.15) is 20.8 Å². The van der Waals surface area contributed by atoms with Gasteiger partial charge >= 0.3 is 0 Å². The Balaban J connectivity index is 2.45. The third-order valence-electron chi connectivity index (χ3n) is 3.94. The van der Waals surface area contributed by atoms with E-state index in [0.29, 0.717) is 28.5 Å². The van der Waals surface area contributed by atoms with Gasteiger partial charge in [0.1, 0.15) is 5.75 Å². The van der Waals surface area contributed by atoms with Crippen molar-refractivity contribution in [2.45, 2.75) is 20.8 Å². The van der Waals surface area contributed by atoms with Gasteiger partial charge in [0.05, 0.1) is 27.0 Å². The van der Waals surface area contributed by atoms with Crippen molar-refractivity contribution < 1.29 is 24.1 Å². The van der Waals surface area contributed by atoms with E-state index in [0.717, 1.165) is 5.56 Å². The lowest BCUT2D eigenvalue weighted by molar-refractivity contribution is -0.123. The predicted octanol–water partition coefficient (Wildman–Crippen LogP) is 4.07. The first-order valence-electron chi connectivity index (χ1n) is 8.16. The maximum Gasteiger partial charge on any atom is 0.229 e. The zero-order chi connectivity index (χ0) is 19.5. The number of rotatable bonds is 5. The van der Waals surface area contributed by atoms with E-state index in [9.17, 15) is 9.90 Å². The molecule has 0 bridgehead atoms. The van der Waals surface area contributed by atoms with Crippen LogP contribution < -0.4 is 19.5 Å². The highest BCUT2D eigenvalue weighted by molar-refractivity contribution is 5.96. The van der Waals surface area contributed by atoms with Gasteiger partial charge in [-0.2, -0.15) is 0 Å². The highest BCUT2D eigenvalue weighted by Gasteiger charge is 2.23. The summed E-state index contributed by atoms with van der Waals surface area (Å²) in [6, 6.07) is 8.61. The van der Waals surface area contributed by atoms with Crippen LogP contribution in [0.25, 0.3) is 11.1 Å². The minimum atomic E-state index is -0.558. The first-order chi connectivity index (χ1) is 12.2. The Kier molecular flexibility index (Phi) is 5.65. The molecule has 0 spiro atoms. The van der Waals surface area contributed by atoms with Crippen LogP contribution >= 0.6 is 0 Å². The molecule has 0 heterocycles. The summed E-state index contributed by atoms with van der Waals surface area (Å²) >= 11 is 0. The fourth-order valence-electron chi connectivity index (χ4n) is 2.44. The van der Waals surface area contributed by atoms with Crippen molar-refractivity contribution in [3.05, 3.63) is 30.3 Å². The van der Waals surface area contributed by atoms with Crippen LogP contribution in [0.15, 0.2) is 30.3 Å². The number of carbonyl (C=O) groups excluding carboxylic acids is 1. The fourth-order valence-corrected chi connectivity index (χ4v) is 2.44. The second-order valence-electron chi connectivity index (χ2n) is 6.82. The molecule has 0 atom stereocenters. The normalized spacial score (nSPS) is 11.0. The highest BCUT2D eigenvalue weighted by Crippen LogP contribution is 2.45. The van der Waals surface area contributed by atoms with E-state index >= 15 is 0 Å². The van der Waals surface area contributed by atoms with E-state index < -0.39 is 5.41 Å². The van der Waals surface area contributed by atoms with E-state index in [-0.39, 0.29) is 11.7 Å². The van der Waals surface area contributed by atoms with Gasteiger partial charge in [-0.15, -0.1) is 0 Å². The van der Waals surface area contributed by atoms with Crippen molar-refractivity contribution >= 4 is 11.6 Å². The summed E-state index contributed by atoms with van der Waals surface area (Å²) in [7, 11) is 4.63. The molecule has 0 radical (unpaired) electrons. The van der Waals surface area contributed by atoms with Gasteiger partial charge in [0.15, 0.2) is 11.5 Å². The number of amides is 1. The summed E-state index contributed by atoms with van der Waals surface area (Å²) in [5, 5.41) is 13.1.